The van der Waals surface area contributed by atoms with E-state index in [0.717, 1.165) is 10.8 Å². The van der Waals surface area contributed by atoms with Gasteiger partial charge in [0.05, 0.1) is 0 Å². The van der Waals surface area contributed by atoms with Gasteiger partial charge in [-0.05, 0) is 53.2 Å². The predicted octanol–water partition coefficient (Wildman–Crippen LogP) is 6.74. The van der Waals surface area contributed by atoms with Crippen molar-refractivity contribution in [3.05, 3.63) is 107 Å². The fourth-order valence-electron chi connectivity index (χ4n) is 3.60. The number of carbonyl (C=O) groups is 2. The number of anilines is 2. The van der Waals surface area contributed by atoms with E-state index >= 15 is 0 Å². The smallest absolute Gasteiger partial charge is 0.293 e. The number of benzene rings is 4. The molecule has 0 atom stereocenters. The first-order valence-corrected chi connectivity index (χ1v) is 10.3. The first-order chi connectivity index (χ1) is 15.6. The maximum absolute atomic E-state index is 13.1. The van der Waals surface area contributed by atoms with Gasteiger partial charge in [-0.1, -0.05) is 60.1 Å². The van der Waals surface area contributed by atoms with Crippen molar-refractivity contribution in [2.24, 2.45) is 0 Å². The highest BCUT2D eigenvalue weighted by molar-refractivity contribution is 6.31. The molecule has 5 aromatic rings. The van der Waals surface area contributed by atoms with Crippen LogP contribution in [0.3, 0.4) is 0 Å². The zero-order chi connectivity index (χ0) is 22.1. The van der Waals surface area contributed by atoms with E-state index in [4.69, 9.17) is 16.0 Å². The molecule has 0 aliphatic carbocycles. The molecule has 1 heterocycles. The largest absolute Gasteiger partial charge is 0.449 e. The summed E-state index contributed by atoms with van der Waals surface area (Å²) >= 11 is 6.02. The van der Waals surface area contributed by atoms with E-state index in [9.17, 15) is 9.59 Å². The Labute approximate surface area is 188 Å². The molecule has 0 spiro atoms. The van der Waals surface area contributed by atoms with Crippen LogP contribution in [0, 0.1) is 0 Å². The number of rotatable bonds is 4. The molecule has 1 aromatic heterocycles. The molecule has 32 heavy (non-hydrogen) atoms. The highest BCUT2D eigenvalue weighted by atomic mass is 35.5. The van der Waals surface area contributed by atoms with Crippen LogP contribution in [-0.4, -0.2) is 11.8 Å². The lowest BCUT2D eigenvalue weighted by Crippen LogP contribution is -2.17. The molecule has 0 unspecified atom stereocenters. The number of carbonyl (C=O) groups excluding carboxylic acids is 2. The second-order valence-corrected chi connectivity index (χ2v) is 7.72. The molecule has 2 amide bonds. The average molecular weight is 441 g/mol. The monoisotopic (exact) mass is 440 g/mol. The zero-order valence-corrected chi connectivity index (χ0v) is 17.5. The van der Waals surface area contributed by atoms with E-state index in [1.54, 1.807) is 48.5 Å². The van der Waals surface area contributed by atoms with Gasteiger partial charge >= 0.3 is 0 Å². The van der Waals surface area contributed by atoms with Crippen LogP contribution < -0.4 is 10.6 Å². The van der Waals surface area contributed by atoms with Crippen molar-refractivity contribution in [1.29, 1.82) is 0 Å². The lowest BCUT2D eigenvalue weighted by Gasteiger charge is -2.08. The maximum Gasteiger partial charge on any atom is 0.293 e. The normalized spacial score (nSPS) is 10.9. The van der Waals surface area contributed by atoms with Crippen molar-refractivity contribution in [2.75, 3.05) is 10.6 Å². The molecule has 5 rings (SSSR count). The van der Waals surface area contributed by atoms with Crippen LogP contribution >= 0.6 is 11.6 Å². The molecule has 0 aliphatic heterocycles. The first-order valence-electron chi connectivity index (χ1n) is 9.97. The summed E-state index contributed by atoms with van der Waals surface area (Å²) in [6.07, 6.45) is 0. The minimum Gasteiger partial charge on any atom is -0.449 e. The van der Waals surface area contributed by atoms with E-state index in [0.29, 0.717) is 32.9 Å². The minimum atomic E-state index is -0.489. The van der Waals surface area contributed by atoms with Gasteiger partial charge < -0.3 is 15.1 Å². The Morgan fingerprint density at radius 3 is 2.34 bits per heavy atom. The fraction of sp³-hybridized carbons (Fsp3) is 0. The Morgan fingerprint density at radius 1 is 0.719 bits per heavy atom. The second kappa shape index (κ2) is 8.21. The first kappa shape index (κ1) is 19.8. The molecule has 156 valence electrons. The number of hydrogen-bond acceptors (Lipinski definition) is 3. The molecule has 0 saturated carbocycles. The number of para-hydroxylation sites is 1. The molecule has 0 bridgehead atoms. The van der Waals surface area contributed by atoms with Crippen LogP contribution in [0.5, 0.6) is 0 Å². The predicted molar refractivity (Wildman–Crippen MR) is 128 cm³/mol. The van der Waals surface area contributed by atoms with Gasteiger partial charge in [-0.15, -0.1) is 0 Å². The molecule has 4 aromatic carbocycles. The third kappa shape index (κ3) is 3.82. The topological polar surface area (TPSA) is 71.3 Å². The standard InChI is InChI=1S/C26H17ClN2O3/c27-19-8-5-9-20(15-19)28-26(31)24-23(21-10-3-4-11-22(21)32-24)29-25(30)18-13-12-16-6-1-2-7-17(16)14-18/h1-15H,(H,28,31)(H,29,30). The van der Waals surface area contributed by atoms with Crippen molar-refractivity contribution >= 4 is 56.5 Å². The van der Waals surface area contributed by atoms with Gasteiger partial charge in [-0.25, -0.2) is 0 Å². The lowest BCUT2D eigenvalue weighted by molar-refractivity contribution is 0.0999. The molecule has 2 N–H and O–H groups in total. The Balaban J connectivity index is 1.50. The Kier molecular flexibility index (Phi) is 5.09. The summed E-state index contributed by atoms with van der Waals surface area (Å²) in [7, 11) is 0. The minimum absolute atomic E-state index is 0.0142. The van der Waals surface area contributed by atoms with Crippen LogP contribution in [0.15, 0.2) is 95.4 Å². The third-order valence-electron chi connectivity index (χ3n) is 5.13. The Morgan fingerprint density at radius 2 is 1.50 bits per heavy atom. The fourth-order valence-corrected chi connectivity index (χ4v) is 3.79. The van der Waals surface area contributed by atoms with Crippen molar-refractivity contribution in [3.63, 3.8) is 0 Å². The summed E-state index contributed by atoms with van der Waals surface area (Å²) in [6, 6.07) is 27.2. The van der Waals surface area contributed by atoms with Gasteiger partial charge in [0.15, 0.2) is 0 Å². The number of hydrogen-bond donors (Lipinski definition) is 2. The van der Waals surface area contributed by atoms with Gasteiger partial charge in [0.2, 0.25) is 5.76 Å². The van der Waals surface area contributed by atoms with Crippen molar-refractivity contribution < 1.29 is 14.0 Å². The van der Waals surface area contributed by atoms with E-state index in [1.807, 2.05) is 42.5 Å². The number of furan rings is 1. The Hall–Kier alpha value is -4.09. The highest BCUT2D eigenvalue weighted by Gasteiger charge is 2.23. The summed E-state index contributed by atoms with van der Waals surface area (Å²) in [5.74, 6) is -0.809. The van der Waals surface area contributed by atoms with Crippen molar-refractivity contribution in [3.8, 4) is 0 Å². The summed E-state index contributed by atoms with van der Waals surface area (Å²) in [5.41, 5.74) is 1.82. The molecule has 0 fully saturated rings. The van der Waals surface area contributed by atoms with Gasteiger partial charge in [-0.3, -0.25) is 9.59 Å². The van der Waals surface area contributed by atoms with E-state index in [1.165, 1.54) is 0 Å². The van der Waals surface area contributed by atoms with Crippen LogP contribution in [0.2, 0.25) is 5.02 Å². The molecule has 0 saturated heterocycles. The summed E-state index contributed by atoms with van der Waals surface area (Å²) in [5, 5.41) is 8.77. The van der Waals surface area contributed by atoms with Crippen LogP contribution in [0.4, 0.5) is 11.4 Å². The van der Waals surface area contributed by atoms with Crippen LogP contribution in [0.25, 0.3) is 21.7 Å². The summed E-state index contributed by atoms with van der Waals surface area (Å²) < 4.78 is 5.81. The quantitative estimate of drug-likeness (QED) is 0.325. The summed E-state index contributed by atoms with van der Waals surface area (Å²) in [6.45, 7) is 0. The molecular formula is C26H17ClN2O3. The van der Waals surface area contributed by atoms with E-state index in [-0.39, 0.29) is 11.7 Å². The third-order valence-corrected chi connectivity index (χ3v) is 5.37. The van der Waals surface area contributed by atoms with E-state index in [2.05, 4.69) is 10.6 Å². The molecule has 6 heteroatoms. The maximum atomic E-state index is 13.1. The molecular weight excluding hydrogens is 424 g/mol. The summed E-state index contributed by atoms with van der Waals surface area (Å²) in [4.78, 5) is 26.1. The molecule has 5 nitrogen and oxygen atoms in total. The van der Waals surface area contributed by atoms with Crippen LogP contribution in [-0.2, 0) is 0 Å². The SMILES string of the molecule is O=C(Nc1c(C(=O)Nc2cccc(Cl)c2)oc2ccccc12)c1ccc2ccccc2c1. The lowest BCUT2D eigenvalue weighted by atomic mass is 10.1. The average Bonchev–Trinajstić information content (AvgIpc) is 3.17. The highest BCUT2D eigenvalue weighted by Crippen LogP contribution is 2.32. The number of nitrogens with one attached hydrogen (secondary N) is 2. The van der Waals surface area contributed by atoms with Gasteiger partial charge in [0.1, 0.15) is 11.3 Å². The second-order valence-electron chi connectivity index (χ2n) is 7.28. The van der Waals surface area contributed by atoms with Gasteiger partial charge in [0.25, 0.3) is 11.8 Å². The Bertz CT molecular complexity index is 1490. The van der Waals surface area contributed by atoms with Crippen molar-refractivity contribution in [2.45, 2.75) is 0 Å². The molecule has 0 radical (unpaired) electrons. The number of amides is 2. The van der Waals surface area contributed by atoms with E-state index < -0.39 is 5.91 Å². The number of halogens is 1. The van der Waals surface area contributed by atoms with Crippen LogP contribution in [0.1, 0.15) is 20.9 Å². The zero-order valence-electron chi connectivity index (χ0n) is 16.8. The van der Waals surface area contributed by atoms with Gasteiger partial charge in [0, 0.05) is 21.7 Å². The molecule has 0 aliphatic rings. The van der Waals surface area contributed by atoms with Gasteiger partial charge in [-0.2, -0.15) is 0 Å². The van der Waals surface area contributed by atoms with Crippen molar-refractivity contribution in [1.82, 2.24) is 0 Å². The number of fused-ring (bicyclic) bond motifs is 2.